The van der Waals surface area contributed by atoms with E-state index in [1.54, 1.807) is 0 Å². The van der Waals surface area contributed by atoms with Crippen LogP contribution in [0.15, 0.2) is 36.5 Å². The molecular formula is C20H12F6N4OS. The minimum absolute atomic E-state index is 0.172. The van der Waals surface area contributed by atoms with Gasteiger partial charge in [0.2, 0.25) is 0 Å². The van der Waals surface area contributed by atoms with Crippen molar-refractivity contribution in [3.05, 3.63) is 53.3 Å². The first-order valence-corrected chi connectivity index (χ1v) is 9.64. The van der Waals surface area contributed by atoms with E-state index in [1.807, 2.05) is 0 Å². The fourth-order valence-corrected chi connectivity index (χ4v) is 4.36. The summed E-state index contributed by atoms with van der Waals surface area (Å²) in [6.45, 7) is 0. The summed E-state index contributed by atoms with van der Waals surface area (Å²) in [5.41, 5.74) is -4.30. The number of carbonyl (C=O) groups is 1. The topological polar surface area (TPSA) is 60.2 Å². The number of alkyl halides is 6. The van der Waals surface area contributed by atoms with Gasteiger partial charge >= 0.3 is 12.4 Å². The van der Waals surface area contributed by atoms with Crippen LogP contribution in [0.25, 0.3) is 0 Å². The van der Waals surface area contributed by atoms with Gasteiger partial charge in [-0.2, -0.15) is 31.6 Å². The summed E-state index contributed by atoms with van der Waals surface area (Å²) in [7, 11) is 0. The summed E-state index contributed by atoms with van der Waals surface area (Å²) in [4.78, 5) is 19.1. The second-order valence-corrected chi connectivity index (χ2v) is 7.75. The lowest BCUT2D eigenvalue weighted by molar-refractivity contribution is -0.138. The molecule has 12 heteroatoms. The van der Waals surface area contributed by atoms with Crippen LogP contribution in [0, 0.1) is 11.3 Å². The van der Waals surface area contributed by atoms with Crippen molar-refractivity contribution in [3.8, 4) is 6.07 Å². The van der Waals surface area contributed by atoms with Crippen LogP contribution < -0.4 is 9.80 Å². The zero-order valence-corrected chi connectivity index (χ0v) is 16.8. The Morgan fingerprint density at radius 2 is 1.66 bits per heavy atom. The maximum absolute atomic E-state index is 13.4. The van der Waals surface area contributed by atoms with Gasteiger partial charge in [-0.1, -0.05) is 0 Å². The molecule has 2 heterocycles. The number of rotatable bonds is 2. The second kappa shape index (κ2) is 7.16. The molecule has 0 atom stereocenters. The molecule has 1 aromatic carbocycles. The molecule has 1 saturated heterocycles. The minimum atomic E-state index is -4.89. The molecule has 1 aliphatic carbocycles. The summed E-state index contributed by atoms with van der Waals surface area (Å²) < 4.78 is 78.9. The molecule has 1 saturated carbocycles. The van der Waals surface area contributed by atoms with Crippen LogP contribution in [0.3, 0.4) is 0 Å². The first-order valence-electron chi connectivity index (χ1n) is 9.23. The molecule has 0 bridgehead atoms. The van der Waals surface area contributed by atoms with Crippen molar-refractivity contribution in [3.63, 3.8) is 0 Å². The highest BCUT2D eigenvalue weighted by atomic mass is 32.1. The van der Waals surface area contributed by atoms with Gasteiger partial charge in [-0.3, -0.25) is 9.69 Å². The number of aromatic nitrogens is 1. The van der Waals surface area contributed by atoms with Crippen LogP contribution in [-0.4, -0.2) is 21.5 Å². The monoisotopic (exact) mass is 470 g/mol. The molecule has 1 aromatic heterocycles. The van der Waals surface area contributed by atoms with Gasteiger partial charge in [0.1, 0.15) is 11.6 Å². The average molecular weight is 470 g/mol. The number of benzene rings is 1. The highest BCUT2D eigenvalue weighted by Gasteiger charge is 2.59. The molecule has 4 rings (SSSR count). The van der Waals surface area contributed by atoms with Crippen molar-refractivity contribution in [2.24, 2.45) is 0 Å². The maximum Gasteiger partial charge on any atom is 0.419 e. The predicted octanol–water partition coefficient (Wildman–Crippen LogP) is 5.05. The SMILES string of the molecule is N#Cc1ncc(N2C(=O)C3(CCC3)N(c3ccc(C(F)(F)F)cc3)C2=S)cc1C(F)(F)F. The van der Waals surface area contributed by atoms with E-state index in [-0.39, 0.29) is 16.5 Å². The van der Waals surface area contributed by atoms with Crippen LogP contribution in [0.4, 0.5) is 37.7 Å². The highest BCUT2D eigenvalue weighted by molar-refractivity contribution is 7.81. The number of hydrogen-bond donors (Lipinski definition) is 0. The van der Waals surface area contributed by atoms with Crippen LogP contribution in [0.1, 0.15) is 36.1 Å². The largest absolute Gasteiger partial charge is 0.419 e. The van der Waals surface area contributed by atoms with E-state index in [1.165, 1.54) is 23.1 Å². The van der Waals surface area contributed by atoms with Crippen molar-refractivity contribution in [1.29, 1.82) is 5.26 Å². The summed E-state index contributed by atoms with van der Waals surface area (Å²) in [5, 5.41) is 8.76. The first kappa shape index (κ1) is 22.0. The van der Waals surface area contributed by atoms with E-state index >= 15 is 0 Å². The maximum atomic E-state index is 13.4. The first-order chi connectivity index (χ1) is 14.9. The van der Waals surface area contributed by atoms with Crippen molar-refractivity contribution in [2.75, 3.05) is 9.80 Å². The number of anilines is 2. The molecule has 1 amide bonds. The molecule has 2 aliphatic rings. The number of pyridine rings is 1. The van der Waals surface area contributed by atoms with E-state index < -0.39 is 40.6 Å². The van der Waals surface area contributed by atoms with Gasteiger partial charge in [-0.05, 0) is 61.8 Å². The van der Waals surface area contributed by atoms with Crippen molar-refractivity contribution < 1.29 is 31.1 Å². The fraction of sp³-hybridized carbons (Fsp3) is 0.300. The lowest BCUT2D eigenvalue weighted by atomic mass is 9.75. The normalized spacial score (nSPS) is 18.2. The quantitative estimate of drug-likeness (QED) is 0.454. The van der Waals surface area contributed by atoms with Crippen molar-refractivity contribution >= 4 is 34.6 Å². The molecule has 32 heavy (non-hydrogen) atoms. The molecule has 0 unspecified atom stereocenters. The molecule has 0 N–H and O–H groups in total. The van der Waals surface area contributed by atoms with E-state index in [9.17, 15) is 31.1 Å². The van der Waals surface area contributed by atoms with Gasteiger partial charge in [0.25, 0.3) is 5.91 Å². The number of hydrogen-bond acceptors (Lipinski definition) is 4. The van der Waals surface area contributed by atoms with Gasteiger partial charge in [0, 0.05) is 5.69 Å². The number of nitrogens with zero attached hydrogens (tertiary/aromatic N) is 4. The third-order valence-corrected chi connectivity index (χ3v) is 5.95. The third-order valence-electron chi connectivity index (χ3n) is 5.59. The van der Waals surface area contributed by atoms with E-state index in [4.69, 9.17) is 17.5 Å². The van der Waals surface area contributed by atoms with Crippen LogP contribution >= 0.6 is 12.2 Å². The average Bonchev–Trinajstić information content (AvgIpc) is 2.93. The van der Waals surface area contributed by atoms with Gasteiger partial charge < -0.3 is 4.90 Å². The molecule has 2 fully saturated rings. The third kappa shape index (κ3) is 3.28. The number of halogens is 6. The molecule has 5 nitrogen and oxygen atoms in total. The van der Waals surface area contributed by atoms with Crippen molar-refractivity contribution in [2.45, 2.75) is 37.2 Å². The van der Waals surface area contributed by atoms with E-state index in [2.05, 4.69) is 4.98 Å². The van der Waals surface area contributed by atoms with Gasteiger partial charge in [0.05, 0.1) is 23.0 Å². The highest BCUT2D eigenvalue weighted by Crippen LogP contribution is 2.48. The summed E-state index contributed by atoms with van der Waals surface area (Å²) >= 11 is 5.39. The molecule has 1 aliphatic heterocycles. The predicted molar refractivity (Wildman–Crippen MR) is 105 cm³/mol. The van der Waals surface area contributed by atoms with Crippen molar-refractivity contribution in [1.82, 2.24) is 4.98 Å². The van der Waals surface area contributed by atoms with Gasteiger partial charge in [-0.25, -0.2) is 4.98 Å². The Morgan fingerprint density at radius 3 is 2.12 bits per heavy atom. The van der Waals surface area contributed by atoms with Gasteiger partial charge in [0.15, 0.2) is 10.8 Å². The molecule has 1 spiro atoms. The number of thiocarbonyl (C=S) groups is 1. The second-order valence-electron chi connectivity index (χ2n) is 7.39. The summed E-state index contributed by atoms with van der Waals surface area (Å²) in [6.07, 6.45) is -7.19. The number of amides is 1. The molecule has 2 aromatic rings. The smallest absolute Gasteiger partial charge is 0.303 e. The standard InChI is InChI=1S/C20H12F6N4OS/c21-19(22,23)11-2-4-12(5-3-11)30-17(32)29(16(31)18(30)6-1-7-18)13-8-14(20(24,25)26)15(9-27)28-10-13/h2-5,8,10H,1,6-7H2. The summed E-state index contributed by atoms with van der Waals surface area (Å²) in [5.74, 6) is -0.590. The Hall–Kier alpha value is -3.20. The molecule has 0 radical (unpaired) electrons. The van der Waals surface area contributed by atoms with Gasteiger partial charge in [-0.15, -0.1) is 0 Å². The Bertz CT molecular complexity index is 1150. The van der Waals surface area contributed by atoms with Crippen LogP contribution in [-0.2, 0) is 17.1 Å². The lowest BCUT2D eigenvalue weighted by Gasteiger charge is -2.43. The Labute approximate surface area is 182 Å². The Balaban J connectivity index is 1.78. The van der Waals surface area contributed by atoms with Crippen LogP contribution in [0.2, 0.25) is 0 Å². The number of nitriles is 1. The fourth-order valence-electron chi connectivity index (χ4n) is 3.89. The minimum Gasteiger partial charge on any atom is -0.303 e. The number of carbonyl (C=O) groups excluding carboxylic acids is 1. The van der Waals surface area contributed by atoms with Crippen LogP contribution in [0.5, 0.6) is 0 Å². The van der Waals surface area contributed by atoms with E-state index in [0.717, 1.165) is 23.2 Å². The van der Waals surface area contributed by atoms with E-state index in [0.29, 0.717) is 25.3 Å². The zero-order chi connectivity index (χ0) is 23.5. The lowest BCUT2D eigenvalue weighted by Crippen LogP contribution is -2.55. The Kier molecular flexibility index (Phi) is 4.93. The Morgan fingerprint density at radius 1 is 1.03 bits per heavy atom. The zero-order valence-electron chi connectivity index (χ0n) is 16.0. The molecular weight excluding hydrogens is 458 g/mol. The molecule has 166 valence electrons. The summed E-state index contributed by atoms with van der Waals surface area (Å²) in [6, 6.07) is 6.03.